The quantitative estimate of drug-likeness (QED) is 0.885. The van der Waals surface area contributed by atoms with Gasteiger partial charge in [-0.25, -0.2) is 0 Å². The third-order valence-corrected chi connectivity index (χ3v) is 3.48. The third kappa shape index (κ3) is 3.56. The lowest BCUT2D eigenvalue weighted by molar-refractivity contribution is 0.0540. The molecule has 1 aliphatic heterocycles. The van der Waals surface area contributed by atoms with Gasteiger partial charge in [-0.15, -0.1) is 0 Å². The lowest BCUT2D eigenvalue weighted by atomic mass is 10.0. The van der Waals surface area contributed by atoms with Crippen molar-refractivity contribution >= 4 is 0 Å². The van der Waals surface area contributed by atoms with Crippen LogP contribution in [0.4, 0.5) is 0 Å². The minimum atomic E-state index is 0.278. The zero-order chi connectivity index (χ0) is 12.8. The first kappa shape index (κ1) is 13.1. The second kappa shape index (κ2) is 6.53. The van der Waals surface area contributed by atoms with Crippen LogP contribution in [0.25, 0.3) is 0 Å². The molecule has 1 aromatic rings. The molecule has 0 saturated carbocycles. The van der Waals surface area contributed by atoms with Crippen molar-refractivity contribution in [1.82, 2.24) is 5.32 Å². The van der Waals surface area contributed by atoms with Crippen LogP contribution in [0.2, 0.25) is 0 Å². The molecule has 2 rings (SSSR count). The standard InChI is InChI=1S/C15H20N2O/c1-12(15-6-2-4-13(8-15)9-16)17-10-14-5-3-7-18-11-14/h2,4,6,8,12,14,17H,3,5,7,10-11H2,1H3. The van der Waals surface area contributed by atoms with E-state index >= 15 is 0 Å². The maximum absolute atomic E-state index is 8.89. The Labute approximate surface area is 109 Å². The van der Waals surface area contributed by atoms with Crippen LogP contribution in [-0.4, -0.2) is 19.8 Å². The van der Waals surface area contributed by atoms with Crippen LogP contribution in [0.3, 0.4) is 0 Å². The molecule has 2 unspecified atom stereocenters. The third-order valence-electron chi connectivity index (χ3n) is 3.48. The molecule has 3 heteroatoms. The first-order valence-electron chi connectivity index (χ1n) is 6.61. The van der Waals surface area contributed by atoms with Crippen molar-refractivity contribution in [3.05, 3.63) is 35.4 Å². The van der Waals surface area contributed by atoms with Gasteiger partial charge in [0.15, 0.2) is 0 Å². The summed E-state index contributed by atoms with van der Waals surface area (Å²) in [6.45, 7) is 4.91. The second-order valence-corrected chi connectivity index (χ2v) is 4.95. The summed E-state index contributed by atoms with van der Waals surface area (Å²) in [5.41, 5.74) is 1.90. The summed E-state index contributed by atoms with van der Waals surface area (Å²) in [6, 6.07) is 10.3. The van der Waals surface area contributed by atoms with Gasteiger partial charge in [-0.2, -0.15) is 5.26 Å². The van der Waals surface area contributed by atoms with Gasteiger partial charge in [-0.1, -0.05) is 12.1 Å². The summed E-state index contributed by atoms with van der Waals surface area (Å²) in [7, 11) is 0. The van der Waals surface area contributed by atoms with Gasteiger partial charge in [0.05, 0.1) is 18.2 Å². The lowest BCUT2D eigenvalue weighted by Crippen LogP contribution is -2.30. The predicted molar refractivity (Wildman–Crippen MR) is 71.1 cm³/mol. The van der Waals surface area contributed by atoms with Gasteiger partial charge in [0, 0.05) is 19.2 Å². The molecule has 3 nitrogen and oxygen atoms in total. The van der Waals surface area contributed by atoms with Crippen molar-refractivity contribution in [3.63, 3.8) is 0 Å². The van der Waals surface area contributed by atoms with Gasteiger partial charge in [-0.05, 0) is 43.4 Å². The number of nitrogens with zero attached hydrogens (tertiary/aromatic N) is 1. The molecule has 0 bridgehead atoms. The van der Waals surface area contributed by atoms with Gasteiger partial charge in [0.25, 0.3) is 0 Å². The van der Waals surface area contributed by atoms with E-state index in [-0.39, 0.29) is 6.04 Å². The van der Waals surface area contributed by atoms with Crippen LogP contribution in [0.5, 0.6) is 0 Å². The van der Waals surface area contributed by atoms with E-state index in [9.17, 15) is 0 Å². The molecule has 1 heterocycles. The van der Waals surface area contributed by atoms with Crippen molar-refractivity contribution in [2.75, 3.05) is 19.8 Å². The van der Waals surface area contributed by atoms with Crippen molar-refractivity contribution in [1.29, 1.82) is 5.26 Å². The van der Waals surface area contributed by atoms with E-state index in [2.05, 4.69) is 24.4 Å². The molecule has 18 heavy (non-hydrogen) atoms. The topological polar surface area (TPSA) is 45.0 Å². The number of hydrogen-bond donors (Lipinski definition) is 1. The Bertz CT molecular complexity index is 419. The largest absolute Gasteiger partial charge is 0.381 e. The van der Waals surface area contributed by atoms with Crippen molar-refractivity contribution < 1.29 is 4.74 Å². The van der Waals surface area contributed by atoms with Crippen LogP contribution < -0.4 is 5.32 Å². The fourth-order valence-corrected chi connectivity index (χ4v) is 2.31. The Hall–Kier alpha value is -1.37. The zero-order valence-electron chi connectivity index (χ0n) is 10.9. The van der Waals surface area contributed by atoms with E-state index in [0.29, 0.717) is 5.92 Å². The minimum Gasteiger partial charge on any atom is -0.381 e. The number of nitriles is 1. The minimum absolute atomic E-state index is 0.278. The van der Waals surface area contributed by atoms with E-state index in [1.165, 1.54) is 18.4 Å². The van der Waals surface area contributed by atoms with Crippen molar-refractivity contribution in [2.45, 2.75) is 25.8 Å². The highest BCUT2D eigenvalue weighted by atomic mass is 16.5. The van der Waals surface area contributed by atoms with E-state index in [4.69, 9.17) is 10.00 Å². The van der Waals surface area contributed by atoms with E-state index < -0.39 is 0 Å². The number of ether oxygens (including phenoxy) is 1. The maximum atomic E-state index is 8.89. The Balaban J connectivity index is 1.86. The maximum Gasteiger partial charge on any atom is 0.0991 e. The molecule has 0 spiro atoms. The van der Waals surface area contributed by atoms with Gasteiger partial charge in [-0.3, -0.25) is 0 Å². The fourth-order valence-electron chi connectivity index (χ4n) is 2.31. The highest BCUT2D eigenvalue weighted by molar-refractivity contribution is 5.33. The Morgan fingerprint density at radius 3 is 3.17 bits per heavy atom. The fraction of sp³-hybridized carbons (Fsp3) is 0.533. The first-order chi connectivity index (χ1) is 8.79. The zero-order valence-corrected chi connectivity index (χ0v) is 10.9. The Morgan fingerprint density at radius 2 is 2.44 bits per heavy atom. The first-order valence-corrected chi connectivity index (χ1v) is 6.61. The number of rotatable bonds is 4. The normalized spacial score (nSPS) is 21.2. The van der Waals surface area contributed by atoms with E-state index in [1.807, 2.05) is 18.2 Å². The highest BCUT2D eigenvalue weighted by Crippen LogP contribution is 2.17. The van der Waals surface area contributed by atoms with E-state index in [0.717, 1.165) is 25.3 Å². The molecule has 1 aromatic carbocycles. The van der Waals surface area contributed by atoms with Crippen LogP contribution in [-0.2, 0) is 4.74 Å². The van der Waals surface area contributed by atoms with Crippen molar-refractivity contribution in [3.8, 4) is 6.07 Å². The summed E-state index contributed by atoms with van der Waals surface area (Å²) >= 11 is 0. The van der Waals surface area contributed by atoms with Crippen LogP contribution in [0.15, 0.2) is 24.3 Å². The smallest absolute Gasteiger partial charge is 0.0991 e. The molecule has 1 aliphatic rings. The lowest BCUT2D eigenvalue weighted by Gasteiger charge is -2.24. The highest BCUT2D eigenvalue weighted by Gasteiger charge is 2.15. The summed E-state index contributed by atoms with van der Waals surface area (Å²) in [5, 5.41) is 12.4. The van der Waals surface area contributed by atoms with Gasteiger partial charge >= 0.3 is 0 Å². The molecule has 2 atom stereocenters. The molecule has 96 valence electrons. The van der Waals surface area contributed by atoms with E-state index in [1.54, 1.807) is 0 Å². The van der Waals surface area contributed by atoms with Gasteiger partial charge < -0.3 is 10.1 Å². The van der Waals surface area contributed by atoms with Crippen LogP contribution in [0, 0.1) is 17.2 Å². The van der Waals surface area contributed by atoms with Crippen LogP contribution in [0.1, 0.15) is 36.9 Å². The van der Waals surface area contributed by atoms with Gasteiger partial charge in [0.2, 0.25) is 0 Å². The number of nitrogens with one attached hydrogen (secondary N) is 1. The van der Waals surface area contributed by atoms with Crippen LogP contribution >= 0.6 is 0 Å². The molecule has 0 aliphatic carbocycles. The summed E-state index contributed by atoms with van der Waals surface area (Å²) in [6.07, 6.45) is 2.42. The van der Waals surface area contributed by atoms with Crippen molar-refractivity contribution in [2.24, 2.45) is 5.92 Å². The molecule has 1 N–H and O–H groups in total. The molecule has 1 saturated heterocycles. The average Bonchev–Trinajstić information content (AvgIpc) is 2.46. The van der Waals surface area contributed by atoms with Gasteiger partial charge in [0.1, 0.15) is 0 Å². The predicted octanol–water partition coefficient (Wildman–Crippen LogP) is 2.64. The average molecular weight is 244 g/mol. The molecule has 0 amide bonds. The Morgan fingerprint density at radius 1 is 1.56 bits per heavy atom. The molecule has 1 fully saturated rings. The molecule has 0 radical (unpaired) electrons. The molecule has 0 aromatic heterocycles. The number of hydrogen-bond acceptors (Lipinski definition) is 3. The summed E-state index contributed by atoms with van der Waals surface area (Å²) < 4.78 is 5.47. The summed E-state index contributed by atoms with van der Waals surface area (Å²) in [4.78, 5) is 0. The SMILES string of the molecule is CC(NCC1CCCOC1)c1cccc(C#N)c1. The number of benzene rings is 1. The summed E-state index contributed by atoms with van der Waals surface area (Å²) in [5.74, 6) is 0.625. The molecular weight excluding hydrogens is 224 g/mol. The Kier molecular flexibility index (Phi) is 4.74. The second-order valence-electron chi connectivity index (χ2n) is 4.95. The molecular formula is C15H20N2O. The monoisotopic (exact) mass is 244 g/mol.